The molecule has 2 N–H and O–H groups in total. The SMILES string of the molecule is CN(C1(CN)CCCC1)S(=O)(=O)CS(C)(=O)=O. The second kappa shape index (κ2) is 4.83. The molecule has 102 valence electrons. The summed E-state index contributed by atoms with van der Waals surface area (Å²) >= 11 is 0. The minimum absolute atomic E-state index is 0.229. The molecule has 6 nitrogen and oxygen atoms in total. The number of hydrogen-bond donors (Lipinski definition) is 1. The van der Waals surface area contributed by atoms with Gasteiger partial charge in [0.1, 0.15) is 0 Å². The number of nitrogens with two attached hydrogens (primary N) is 1. The maximum Gasteiger partial charge on any atom is 0.228 e. The van der Waals surface area contributed by atoms with Crippen LogP contribution in [0.2, 0.25) is 0 Å². The van der Waals surface area contributed by atoms with Gasteiger partial charge in [0.2, 0.25) is 10.0 Å². The predicted molar refractivity (Wildman–Crippen MR) is 66.6 cm³/mol. The van der Waals surface area contributed by atoms with Crippen molar-refractivity contribution in [3.05, 3.63) is 0 Å². The molecule has 0 bridgehead atoms. The highest BCUT2D eigenvalue weighted by Gasteiger charge is 2.42. The first-order valence-corrected chi connectivity index (χ1v) is 9.14. The van der Waals surface area contributed by atoms with Crippen LogP contribution >= 0.6 is 0 Å². The van der Waals surface area contributed by atoms with E-state index < -0.39 is 30.5 Å². The minimum atomic E-state index is -3.81. The summed E-state index contributed by atoms with van der Waals surface area (Å²) in [6.07, 6.45) is 4.17. The largest absolute Gasteiger partial charge is 0.329 e. The van der Waals surface area contributed by atoms with Gasteiger partial charge in [-0.25, -0.2) is 16.8 Å². The highest BCUT2D eigenvalue weighted by atomic mass is 32.3. The average Bonchev–Trinajstić information content (AvgIpc) is 2.62. The summed E-state index contributed by atoms with van der Waals surface area (Å²) in [6.45, 7) is 0.229. The lowest BCUT2D eigenvalue weighted by atomic mass is 9.98. The number of rotatable bonds is 5. The van der Waals surface area contributed by atoms with Crippen LogP contribution < -0.4 is 5.73 Å². The third kappa shape index (κ3) is 3.40. The van der Waals surface area contributed by atoms with E-state index in [2.05, 4.69) is 0 Å². The summed E-state index contributed by atoms with van der Waals surface area (Å²) in [5.41, 5.74) is 5.08. The molecule has 8 heteroatoms. The van der Waals surface area contributed by atoms with Crippen LogP contribution in [0.5, 0.6) is 0 Å². The van der Waals surface area contributed by atoms with Crippen LogP contribution in [0.4, 0.5) is 0 Å². The molecule has 0 amide bonds. The maximum atomic E-state index is 12.0. The van der Waals surface area contributed by atoms with Crippen molar-refractivity contribution < 1.29 is 16.8 Å². The smallest absolute Gasteiger partial charge is 0.228 e. The summed E-state index contributed by atoms with van der Waals surface area (Å²) in [7, 11) is -5.94. The minimum Gasteiger partial charge on any atom is -0.329 e. The third-order valence-electron chi connectivity index (χ3n) is 3.36. The molecule has 0 saturated heterocycles. The lowest BCUT2D eigenvalue weighted by Gasteiger charge is -2.36. The molecule has 0 aliphatic heterocycles. The van der Waals surface area contributed by atoms with Crippen molar-refractivity contribution in [1.29, 1.82) is 0 Å². The molecule has 1 rings (SSSR count). The fraction of sp³-hybridized carbons (Fsp3) is 1.00. The van der Waals surface area contributed by atoms with Gasteiger partial charge in [-0.15, -0.1) is 0 Å². The van der Waals surface area contributed by atoms with E-state index in [9.17, 15) is 16.8 Å². The van der Waals surface area contributed by atoms with Gasteiger partial charge in [0.05, 0.1) is 0 Å². The first-order chi connectivity index (χ1) is 7.63. The van der Waals surface area contributed by atoms with E-state index >= 15 is 0 Å². The van der Waals surface area contributed by atoms with E-state index in [-0.39, 0.29) is 6.54 Å². The van der Waals surface area contributed by atoms with Crippen molar-refractivity contribution in [3.8, 4) is 0 Å². The lowest BCUT2D eigenvalue weighted by Crippen LogP contribution is -2.53. The standard InChI is InChI=1S/C9H20N2O4S2/c1-11(9(7-10)5-3-4-6-9)17(14,15)8-16(2,12)13/h3-8,10H2,1-2H3. The van der Waals surface area contributed by atoms with E-state index in [1.807, 2.05) is 0 Å². The monoisotopic (exact) mass is 284 g/mol. The summed E-state index contributed by atoms with van der Waals surface area (Å²) in [5, 5.41) is -0.849. The van der Waals surface area contributed by atoms with Crippen LogP contribution in [-0.2, 0) is 19.9 Å². The average molecular weight is 284 g/mol. The molecule has 0 atom stereocenters. The van der Waals surface area contributed by atoms with Gasteiger partial charge in [-0.2, -0.15) is 4.31 Å². The Balaban J connectivity index is 2.99. The third-order valence-corrected chi connectivity index (χ3v) is 7.49. The maximum absolute atomic E-state index is 12.0. The number of nitrogens with zero attached hydrogens (tertiary/aromatic N) is 1. The van der Waals surface area contributed by atoms with E-state index in [1.54, 1.807) is 0 Å². The lowest BCUT2D eigenvalue weighted by molar-refractivity contribution is 0.231. The number of hydrogen-bond acceptors (Lipinski definition) is 5. The second-order valence-corrected chi connectivity index (χ2v) is 9.26. The summed E-state index contributed by atoms with van der Waals surface area (Å²) < 4.78 is 47.4. The quantitative estimate of drug-likeness (QED) is 0.735. The van der Waals surface area contributed by atoms with Crippen LogP contribution in [-0.4, -0.2) is 51.6 Å². The summed E-state index contributed by atoms with van der Waals surface area (Å²) in [4.78, 5) is 0. The molecule has 0 aromatic heterocycles. The van der Waals surface area contributed by atoms with Gasteiger partial charge in [-0.1, -0.05) is 12.8 Å². The Morgan fingerprint density at radius 1 is 1.18 bits per heavy atom. The van der Waals surface area contributed by atoms with E-state index in [0.717, 1.165) is 19.1 Å². The van der Waals surface area contributed by atoms with Crippen molar-refractivity contribution in [2.24, 2.45) is 5.73 Å². The zero-order chi connectivity index (χ0) is 13.3. The Morgan fingerprint density at radius 2 is 1.65 bits per heavy atom. The normalized spacial score (nSPS) is 20.9. The molecule has 0 aromatic rings. The van der Waals surface area contributed by atoms with Crippen molar-refractivity contribution in [2.45, 2.75) is 31.2 Å². The van der Waals surface area contributed by atoms with Crippen LogP contribution in [0, 0.1) is 0 Å². The van der Waals surface area contributed by atoms with Gasteiger partial charge in [0, 0.05) is 25.4 Å². The van der Waals surface area contributed by atoms with Crippen molar-refractivity contribution in [1.82, 2.24) is 4.31 Å². The Hall–Kier alpha value is -0.180. The molecule has 17 heavy (non-hydrogen) atoms. The van der Waals surface area contributed by atoms with Crippen LogP contribution in [0.1, 0.15) is 25.7 Å². The molecule has 1 aliphatic carbocycles. The zero-order valence-electron chi connectivity index (χ0n) is 10.2. The molecular weight excluding hydrogens is 264 g/mol. The highest BCUT2D eigenvalue weighted by molar-refractivity contribution is 8.06. The molecule has 0 heterocycles. The molecule has 0 radical (unpaired) electrons. The number of sulfonamides is 1. The molecule has 0 aromatic carbocycles. The van der Waals surface area contributed by atoms with Crippen molar-refractivity contribution in [3.63, 3.8) is 0 Å². The molecule has 0 spiro atoms. The molecule has 1 aliphatic rings. The molecule has 1 fully saturated rings. The van der Waals surface area contributed by atoms with E-state index in [4.69, 9.17) is 5.73 Å². The fourth-order valence-corrected chi connectivity index (χ4v) is 5.97. The molecule has 1 saturated carbocycles. The molecular formula is C9H20N2O4S2. The Bertz CT molecular complexity index is 463. The topological polar surface area (TPSA) is 97.5 Å². The summed E-state index contributed by atoms with van der Waals surface area (Å²) in [6, 6.07) is 0. The van der Waals surface area contributed by atoms with Crippen LogP contribution in [0.15, 0.2) is 0 Å². The van der Waals surface area contributed by atoms with Gasteiger partial charge < -0.3 is 5.73 Å². The first kappa shape index (κ1) is 14.9. The Morgan fingerprint density at radius 3 is 2.00 bits per heavy atom. The van der Waals surface area contributed by atoms with Crippen LogP contribution in [0.25, 0.3) is 0 Å². The van der Waals surface area contributed by atoms with Gasteiger partial charge in [-0.3, -0.25) is 0 Å². The number of likely N-dealkylation sites (N-methyl/N-ethyl adjacent to an activating group) is 1. The second-order valence-electron chi connectivity index (χ2n) is 4.76. The van der Waals surface area contributed by atoms with Crippen molar-refractivity contribution >= 4 is 19.9 Å². The van der Waals surface area contributed by atoms with Crippen LogP contribution in [0.3, 0.4) is 0 Å². The molecule has 0 unspecified atom stereocenters. The van der Waals surface area contributed by atoms with E-state index in [0.29, 0.717) is 12.8 Å². The highest BCUT2D eigenvalue weighted by Crippen LogP contribution is 2.35. The summed E-state index contributed by atoms with van der Waals surface area (Å²) in [5.74, 6) is 0. The first-order valence-electron chi connectivity index (χ1n) is 5.47. The zero-order valence-corrected chi connectivity index (χ0v) is 11.8. The fourth-order valence-electron chi connectivity index (χ4n) is 2.33. The Labute approximate surface area is 103 Å². The van der Waals surface area contributed by atoms with Gasteiger partial charge in [-0.05, 0) is 12.8 Å². The Kier molecular flexibility index (Phi) is 4.23. The number of sulfone groups is 1. The van der Waals surface area contributed by atoms with Gasteiger partial charge in [0.25, 0.3) is 0 Å². The van der Waals surface area contributed by atoms with Gasteiger partial charge >= 0.3 is 0 Å². The van der Waals surface area contributed by atoms with Gasteiger partial charge in [0.15, 0.2) is 14.9 Å². The predicted octanol–water partition coefficient (Wildman–Crippen LogP) is -0.478. The van der Waals surface area contributed by atoms with E-state index in [1.165, 1.54) is 11.4 Å². The van der Waals surface area contributed by atoms with Crippen molar-refractivity contribution in [2.75, 3.05) is 24.9 Å².